The average Bonchev–Trinajstić information content (AvgIpc) is 2.48. The van der Waals surface area contributed by atoms with Crippen LogP contribution in [0.2, 0.25) is 18.1 Å². The zero-order valence-electron chi connectivity index (χ0n) is 12.0. The summed E-state index contributed by atoms with van der Waals surface area (Å²) in [4.78, 5) is 0. The molecule has 0 amide bonds. The molecule has 0 spiro atoms. The van der Waals surface area contributed by atoms with Gasteiger partial charge in [0.25, 0.3) is 0 Å². The maximum Gasteiger partial charge on any atom is 0.250 e. The Bertz CT molecular complexity index is 408. The van der Waals surface area contributed by atoms with E-state index in [-0.39, 0.29) is 5.04 Å². The Kier molecular flexibility index (Phi) is 3.92. The molecule has 0 saturated heterocycles. The van der Waals surface area contributed by atoms with Gasteiger partial charge in [0.05, 0.1) is 18.3 Å². The van der Waals surface area contributed by atoms with Gasteiger partial charge in [0, 0.05) is 5.56 Å². The number of rotatable bonds is 3. The van der Waals surface area contributed by atoms with Crippen LogP contribution in [0.3, 0.4) is 0 Å². The molecule has 96 valence electrons. The van der Waals surface area contributed by atoms with E-state index < -0.39 is 8.32 Å². The van der Waals surface area contributed by atoms with Crippen LogP contribution < -0.4 is 0 Å². The van der Waals surface area contributed by atoms with Gasteiger partial charge in [-0.1, -0.05) is 20.8 Å². The van der Waals surface area contributed by atoms with Crippen LogP contribution in [0.15, 0.2) is 22.7 Å². The van der Waals surface area contributed by atoms with Crippen molar-refractivity contribution in [3.05, 3.63) is 29.4 Å². The molecule has 0 atom stereocenters. The maximum atomic E-state index is 6.19. The van der Waals surface area contributed by atoms with E-state index >= 15 is 0 Å². The van der Waals surface area contributed by atoms with Gasteiger partial charge in [-0.15, -0.1) is 0 Å². The van der Waals surface area contributed by atoms with Crippen LogP contribution in [0.25, 0.3) is 6.08 Å². The van der Waals surface area contributed by atoms with Gasteiger partial charge in [-0.2, -0.15) is 0 Å². The van der Waals surface area contributed by atoms with Gasteiger partial charge >= 0.3 is 0 Å². The van der Waals surface area contributed by atoms with Crippen LogP contribution in [0.1, 0.15) is 38.8 Å². The number of allylic oxidation sites excluding steroid dienone is 1. The summed E-state index contributed by atoms with van der Waals surface area (Å²) >= 11 is 0. The van der Waals surface area contributed by atoms with E-state index in [1.807, 2.05) is 13.8 Å². The highest BCUT2D eigenvalue weighted by Crippen LogP contribution is 2.38. The predicted octanol–water partition coefficient (Wildman–Crippen LogP) is 4.97. The normalized spacial score (nSPS) is 13.9. The van der Waals surface area contributed by atoms with E-state index in [0.717, 1.165) is 16.9 Å². The Morgan fingerprint density at radius 2 is 1.88 bits per heavy atom. The lowest BCUT2D eigenvalue weighted by atomic mass is 10.2. The highest BCUT2D eigenvalue weighted by atomic mass is 28.4. The number of aryl methyl sites for hydroxylation is 1. The van der Waals surface area contributed by atoms with Gasteiger partial charge in [0.15, 0.2) is 0 Å². The van der Waals surface area contributed by atoms with Crippen molar-refractivity contribution in [3.63, 3.8) is 0 Å². The molecule has 3 heteroatoms. The highest BCUT2D eigenvalue weighted by Gasteiger charge is 2.38. The summed E-state index contributed by atoms with van der Waals surface area (Å²) in [6, 6.07) is 0. The monoisotopic (exact) mass is 252 g/mol. The molecule has 17 heavy (non-hydrogen) atoms. The SMILES string of the molecule is C/C(=C\c1cocc1C)O[Si](C)(C)C(C)(C)C. The second-order valence-electron chi connectivity index (χ2n) is 6.13. The van der Waals surface area contributed by atoms with E-state index in [1.54, 1.807) is 12.5 Å². The molecule has 1 rings (SSSR count). The lowest BCUT2D eigenvalue weighted by Gasteiger charge is -2.36. The minimum absolute atomic E-state index is 0.230. The Morgan fingerprint density at radius 1 is 1.29 bits per heavy atom. The first-order valence-corrected chi connectivity index (χ1v) is 8.94. The number of hydrogen-bond acceptors (Lipinski definition) is 2. The summed E-state index contributed by atoms with van der Waals surface area (Å²) < 4.78 is 11.3. The van der Waals surface area contributed by atoms with Crippen LogP contribution in [0.5, 0.6) is 0 Å². The van der Waals surface area contributed by atoms with Crippen LogP contribution in [-0.4, -0.2) is 8.32 Å². The third kappa shape index (κ3) is 3.50. The van der Waals surface area contributed by atoms with Crippen LogP contribution >= 0.6 is 0 Å². The van der Waals surface area contributed by atoms with Crippen molar-refractivity contribution in [1.29, 1.82) is 0 Å². The molecule has 0 bridgehead atoms. The third-order valence-corrected chi connectivity index (χ3v) is 7.92. The maximum absolute atomic E-state index is 6.19. The van der Waals surface area contributed by atoms with Gasteiger partial charge < -0.3 is 8.84 Å². The molecule has 0 N–H and O–H groups in total. The zero-order chi connectivity index (χ0) is 13.3. The molecule has 1 heterocycles. The number of hydrogen-bond donors (Lipinski definition) is 0. The summed E-state index contributed by atoms with van der Waals surface area (Å²) in [5.74, 6) is 0.973. The van der Waals surface area contributed by atoms with Crippen LogP contribution in [0.4, 0.5) is 0 Å². The lowest BCUT2D eigenvalue weighted by molar-refractivity contribution is 0.390. The zero-order valence-corrected chi connectivity index (χ0v) is 13.0. The molecular formula is C14H24O2Si. The smallest absolute Gasteiger partial charge is 0.250 e. The summed E-state index contributed by atoms with van der Waals surface area (Å²) in [6.45, 7) is 15.3. The largest absolute Gasteiger partial charge is 0.547 e. The molecule has 0 aromatic carbocycles. The van der Waals surface area contributed by atoms with Gasteiger partial charge in [-0.25, -0.2) is 0 Å². The topological polar surface area (TPSA) is 22.4 Å². The molecule has 0 fully saturated rings. The molecule has 0 radical (unpaired) electrons. The summed E-state index contributed by atoms with van der Waals surface area (Å²) in [5.41, 5.74) is 2.24. The van der Waals surface area contributed by atoms with Gasteiger partial charge in [-0.05, 0) is 43.6 Å². The van der Waals surface area contributed by atoms with Crippen LogP contribution in [-0.2, 0) is 4.43 Å². The summed E-state index contributed by atoms with van der Waals surface area (Å²) in [6.07, 6.45) is 5.57. The fraction of sp³-hybridized carbons (Fsp3) is 0.571. The third-order valence-electron chi connectivity index (χ3n) is 3.48. The van der Waals surface area contributed by atoms with Crippen molar-refractivity contribution in [3.8, 4) is 0 Å². The minimum atomic E-state index is -1.72. The van der Waals surface area contributed by atoms with E-state index in [2.05, 4.69) is 39.9 Å². The molecule has 2 nitrogen and oxygen atoms in total. The Hall–Kier alpha value is -0.963. The van der Waals surface area contributed by atoms with Gasteiger partial charge in [-0.3, -0.25) is 0 Å². The second-order valence-corrected chi connectivity index (χ2v) is 10.9. The Balaban J connectivity index is 2.83. The van der Waals surface area contributed by atoms with Crippen molar-refractivity contribution < 1.29 is 8.84 Å². The van der Waals surface area contributed by atoms with Crippen molar-refractivity contribution in [2.75, 3.05) is 0 Å². The van der Waals surface area contributed by atoms with E-state index in [4.69, 9.17) is 8.84 Å². The Labute approximate surface area is 106 Å². The highest BCUT2D eigenvalue weighted by molar-refractivity contribution is 6.74. The minimum Gasteiger partial charge on any atom is -0.547 e. The van der Waals surface area contributed by atoms with E-state index in [9.17, 15) is 0 Å². The lowest BCUT2D eigenvalue weighted by Crippen LogP contribution is -2.40. The van der Waals surface area contributed by atoms with E-state index in [1.165, 1.54) is 0 Å². The summed E-state index contributed by atoms with van der Waals surface area (Å²) in [5, 5.41) is 0.230. The van der Waals surface area contributed by atoms with Gasteiger partial charge in [0.2, 0.25) is 8.32 Å². The fourth-order valence-electron chi connectivity index (χ4n) is 1.32. The molecule has 1 aromatic rings. The van der Waals surface area contributed by atoms with Crippen molar-refractivity contribution in [2.45, 2.75) is 52.8 Å². The second kappa shape index (κ2) is 4.73. The molecule has 0 unspecified atom stereocenters. The first kappa shape index (κ1) is 14.1. The molecule has 0 saturated carbocycles. The van der Waals surface area contributed by atoms with E-state index in [0.29, 0.717) is 0 Å². The van der Waals surface area contributed by atoms with Gasteiger partial charge in [0.1, 0.15) is 0 Å². The number of furan rings is 1. The standard InChI is InChI=1S/C14H24O2Si/c1-11-9-15-10-13(11)8-12(2)16-17(6,7)14(3,4)5/h8-10H,1-7H3/b12-8+. The molecule has 0 aliphatic heterocycles. The quantitative estimate of drug-likeness (QED) is 0.559. The molecular weight excluding hydrogens is 228 g/mol. The summed E-state index contributed by atoms with van der Waals surface area (Å²) in [7, 11) is -1.72. The molecule has 0 aliphatic rings. The molecule has 0 aliphatic carbocycles. The first-order chi connectivity index (χ1) is 7.63. The van der Waals surface area contributed by atoms with Crippen molar-refractivity contribution in [2.24, 2.45) is 0 Å². The van der Waals surface area contributed by atoms with Crippen LogP contribution in [0, 0.1) is 6.92 Å². The van der Waals surface area contributed by atoms with Crippen molar-refractivity contribution in [1.82, 2.24) is 0 Å². The Morgan fingerprint density at radius 3 is 2.29 bits per heavy atom. The predicted molar refractivity (Wildman–Crippen MR) is 75.4 cm³/mol. The fourth-order valence-corrected chi connectivity index (χ4v) is 2.49. The molecule has 1 aromatic heterocycles. The first-order valence-electron chi connectivity index (χ1n) is 6.03. The average molecular weight is 252 g/mol. The van der Waals surface area contributed by atoms with Crippen molar-refractivity contribution >= 4 is 14.4 Å².